The normalized spacial score (nSPS) is 12.1. The number of aromatic nitrogens is 4. The summed E-state index contributed by atoms with van der Waals surface area (Å²) in [6.07, 6.45) is -5.80. The van der Waals surface area contributed by atoms with Crippen LogP contribution < -0.4 is 15.6 Å². The first-order chi connectivity index (χ1) is 21.3. The number of nitrogens with one attached hydrogen (secondary N) is 2. The van der Waals surface area contributed by atoms with Crippen LogP contribution in [0.3, 0.4) is 0 Å². The van der Waals surface area contributed by atoms with E-state index in [4.69, 9.17) is 0 Å². The minimum absolute atomic E-state index is 0.175. The summed E-state index contributed by atoms with van der Waals surface area (Å²) in [6.45, 7) is -1.30. The van der Waals surface area contributed by atoms with E-state index in [1.54, 1.807) is 0 Å². The number of ether oxygens (including phenoxy) is 1. The molecular weight excluding hydrogens is 617 g/mol. The van der Waals surface area contributed by atoms with E-state index in [-0.39, 0.29) is 24.3 Å². The maximum Gasteiger partial charge on any atom is 0.573 e. The fourth-order valence-corrected chi connectivity index (χ4v) is 4.23. The second kappa shape index (κ2) is 14.0. The van der Waals surface area contributed by atoms with Gasteiger partial charge in [-0.25, -0.2) is 13.2 Å². The van der Waals surface area contributed by atoms with Crippen molar-refractivity contribution in [3.8, 4) is 5.75 Å². The molecule has 0 aliphatic carbocycles. The van der Waals surface area contributed by atoms with Gasteiger partial charge in [0, 0.05) is 24.8 Å². The number of aryl methyl sites for hydroxylation is 1. The number of benzene rings is 2. The molecule has 0 saturated carbocycles. The highest BCUT2D eigenvalue weighted by atomic mass is 19.4. The number of H-pyrrole nitrogens is 1. The fraction of sp³-hybridized carbons (Fsp3) is 0.250. The number of anilines is 1. The van der Waals surface area contributed by atoms with Crippen LogP contribution in [0.4, 0.5) is 36.4 Å². The number of carbonyl (C=O) groups is 2. The van der Waals surface area contributed by atoms with E-state index in [1.807, 2.05) is 0 Å². The number of pyridine rings is 1. The van der Waals surface area contributed by atoms with Gasteiger partial charge in [0.15, 0.2) is 5.69 Å². The second-order valence-electron chi connectivity index (χ2n) is 9.59. The Balaban J connectivity index is 1.41. The second-order valence-corrected chi connectivity index (χ2v) is 9.59. The van der Waals surface area contributed by atoms with Gasteiger partial charge in [-0.1, -0.05) is 18.2 Å². The molecule has 0 radical (unpaired) electrons. The van der Waals surface area contributed by atoms with E-state index in [9.17, 15) is 40.7 Å². The first kappa shape index (κ1) is 32.7. The summed E-state index contributed by atoms with van der Waals surface area (Å²) in [4.78, 5) is 38.7. The molecule has 1 atom stereocenters. The molecule has 2 amide bonds. The molecule has 45 heavy (non-hydrogen) atoms. The van der Waals surface area contributed by atoms with Gasteiger partial charge in [0.05, 0.1) is 24.8 Å². The zero-order chi connectivity index (χ0) is 32.7. The van der Waals surface area contributed by atoms with Gasteiger partial charge in [-0.2, -0.15) is 19.8 Å². The minimum Gasteiger partial charge on any atom is -0.406 e. The van der Waals surface area contributed by atoms with Crippen molar-refractivity contribution in [3.63, 3.8) is 0 Å². The maximum atomic E-state index is 15.2. The Morgan fingerprint density at radius 3 is 2.44 bits per heavy atom. The lowest BCUT2D eigenvalue weighted by molar-refractivity contribution is -0.274. The van der Waals surface area contributed by atoms with Crippen LogP contribution in [-0.4, -0.2) is 55.8 Å². The molecule has 2 N–H and O–H groups in total. The van der Waals surface area contributed by atoms with Crippen molar-refractivity contribution in [3.05, 3.63) is 106 Å². The van der Waals surface area contributed by atoms with Gasteiger partial charge in [-0.15, -0.1) is 13.2 Å². The van der Waals surface area contributed by atoms with E-state index in [1.165, 1.54) is 12.1 Å². The van der Waals surface area contributed by atoms with Gasteiger partial charge in [-0.05, 0) is 42.3 Å². The number of aromatic amines is 1. The summed E-state index contributed by atoms with van der Waals surface area (Å²) >= 11 is 0. The molecule has 0 spiro atoms. The minimum atomic E-state index is -4.96. The maximum absolute atomic E-state index is 15.2. The van der Waals surface area contributed by atoms with Gasteiger partial charge < -0.3 is 19.5 Å². The summed E-state index contributed by atoms with van der Waals surface area (Å²) in [5.41, 5.74) is -2.35. The third kappa shape index (κ3) is 8.90. The quantitative estimate of drug-likeness (QED) is 0.220. The standard InChI is InChI=1S/C28H23F7N6O4/c29-17(15-41(26(43)23-13-36-39-38-23)14-16-3-1-4-18(11-16)45-28(33,34)35)7-9-40-10-8-22(25(32)27(40)44)37-24(42)12-19-20(30)5-2-6-21(19)31/h1-6,8,10-11,13,17H,7,9,12,14-15H2,(H,37,42)(H,36,38,39). The van der Waals surface area contributed by atoms with E-state index >= 15 is 4.39 Å². The van der Waals surface area contributed by atoms with Crippen LogP contribution in [0.25, 0.3) is 0 Å². The molecule has 1 unspecified atom stereocenters. The molecule has 2 aromatic heterocycles. The number of carbonyl (C=O) groups excluding carboxylic acids is 2. The Kier molecular flexibility index (Phi) is 10.2. The van der Waals surface area contributed by atoms with E-state index in [2.05, 4.69) is 25.5 Å². The highest BCUT2D eigenvalue weighted by Gasteiger charge is 2.31. The third-order valence-electron chi connectivity index (χ3n) is 6.31. The Morgan fingerprint density at radius 2 is 1.78 bits per heavy atom. The molecule has 0 saturated heterocycles. The van der Waals surface area contributed by atoms with Gasteiger partial charge in [0.2, 0.25) is 11.7 Å². The SMILES string of the molecule is O=C(Cc1c(F)cccc1F)Nc1ccn(CCC(F)CN(Cc2cccc(OC(F)(F)F)c2)C(=O)c2cn[nH]n2)c(=O)c1F. The molecule has 238 valence electrons. The number of alkyl halides is 4. The van der Waals surface area contributed by atoms with Crippen LogP contribution in [0.5, 0.6) is 5.75 Å². The molecule has 0 aliphatic rings. The van der Waals surface area contributed by atoms with Gasteiger partial charge in [0.1, 0.15) is 23.6 Å². The van der Waals surface area contributed by atoms with Gasteiger partial charge in [0.25, 0.3) is 11.5 Å². The first-order valence-electron chi connectivity index (χ1n) is 13.1. The van der Waals surface area contributed by atoms with Gasteiger partial charge in [-0.3, -0.25) is 14.4 Å². The van der Waals surface area contributed by atoms with Crippen LogP contribution >= 0.6 is 0 Å². The Morgan fingerprint density at radius 1 is 1.07 bits per heavy atom. The zero-order valence-corrected chi connectivity index (χ0v) is 23.0. The number of nitrogens with zero attached hydrogens (tertiary/aromatic N) is 4. The first-order valence-corrected chi connectivity index (χ1v) is 13.1. The lowest BCUT2D eigenvalue weighted by atomic mass is 10.1. The van der Waals surface area contributed by atoms with E-state index < -0.39 is 83.7 Å². The molecule has 2 heterocycles. The van der Waals surface area contributed by atoms with Crippen LogP contribution in [0.2, 0.25) is 0 Å². The number of halogens is 7. The predicted molar refractivity (Wildman–Crippen MR) is 143 cm³/mol. The molecule has 2 aromatic carbocycles. The highest BCUT2D eigenvalue weighted by Crippen LogP contribution is 2.24. The van der Waals surface area contributed by atoms with E-state index in [0.29, 0.717) is 0 Å². The smallest absolute Gasteiger partial charge is 0.406 e. The van der Waals surface area contributed by atoms with Crippen molar-refractivity contribution in [2.75, 3.05) is 11.9 Å². The Hall–Kier alpha value is -5.22. The number of rotatable bonds is 12. The summed E-state index contributed by atoms with van der Waals surface area (Å²) in [7, 11) is 0. The largest absolute Gasteiger partial charge is 0.573 e. The summed E-state index contributed by atoms with van der Waals surface area (Å²) in [6, 6.07) is 8.74. The molecule has 4 aromatic rings. The topological polar surface area (TPSA) is 122 Å². The number of hydrogen-bond donors (Lipinski definition) is 2. The molecule has 0 aliphatic heterocycles. The molecule has 0 bridgehead atoms. The van der Waals surface area contributed by atoms with Crippen molar-refractivity contribution in [2.45, 2.75) is 38.5 Å². The van der Waals surface area contributed by atoms with Crippen molar-refractivity contribution in [2.24, 2.45) is 0 Å². The third-order valence-corrected chi connectivity index (χ3v) is 6.31. The van der Waals surface area contributed by atoms with Crippen LogP contribution in [0, 0.1) is 17.5 Å². The summed E-state index contributed by atoms with van der Waals surface area (Å²) in [5.74, 6) is -5.71. The predicted octanol–water partition coefficient (Wildman–Crippen LogP) is 4.53. The molecule has 0 fully saturated rings. The Labute approximate surface area is 249 Å². The van der Waals surface area contributed by atoms with Crippen LogP contribution in [0.15, 0.2) is 65.7 Å². The molecule has 4 rings (SSSR count). The van der Waals surface area contributed by atoms with Crippen molar-refractivity contribution >= 4 is 17.5 Å². The molecule has 10 nitrogen and oxygen atoms in total. The van der Waals surface area contributed by atoms with Gasteiger partial charge >= 0.3 is 6.36 Å². The fourth-order valence-electron chi connectivity index (χ4n) is 4.23. The average molecular weight is 641 g/mol. The van der Waals surface area contributed by atoms with Crippen molar-refractivity contribution in [1.29, 1.82) is 0 Å². The van der Waals surface area contributed by atoms with Crippen LogP contribution in [-0.2, 0) is 24.3 Å². The van der Waals surface area contributed by atoms with E-state index in [0.717, 1.165) is 58.3 Å². The lowest BCUT2D eigenvalue weighted by Gasteiger charge is -2.24. The zero-order valence-electron chi connectivity index (χ0n) is 23.0. The van der Waals surface area contributed by atoms with Crippen LogP contribution in [0.1, 0.15) is 28.0 Å². The monoisotopic (exact) mass is 640 g/mol. The summed E-state index contributed by atoms with van der Waals surface area (Å²) < 4.78 is 100. The highest BCUT2D eigenvalue weighted by molar-refractivity contribution is 5.92. The van der Waals surface area contributed by atoms with Crippen molar-refractivity contribution < 1.29 is 45.1 Å². The molecular formula is C28H23F7N6O4. The number of amides is 2. The van der Waals surface area contributed by atoms with Crippen molar-refractivity contribution in [1.82, 2.24) is 24.9 Å². The molecule has 17 heteroatoms. The average Bonchev–Trinajstić information content (AvgIpc) is 3.51. The number of hydrogen-bond acceptors (Lipinski definition) is 6. The Bertz CT molecular complexity index is 1690. The summed E-state index contributed by atoms with van der Waals surface area (Å²) in [5, 5.41) is 11.5. The lowest BCUT2D eigenvalue weighted by Crippen LogP contribution is -2.37.